The fourth-order valence-corrected chi connectivity index (χ4v) is 3.53. The second-order valence-corrected chi connectivity index (χ2v) is 7.69. The molecule has 1 N–H and O–H groups in total. The first-order chi connectivity index (χ1) is 8.34. The fraction of sp³-hybridized carbons (Fsp3) is 0.455. The molecule has 0 radical (unpaired) electrons. The van der Waals surface area contributed by atoms with Crippen LogP contribution in [0.2, 0.25) is 0 Å². The molecule has 0 amide bonds. The molecule has 0 saturated heterocycles. The summed E-state index contributed by atoms with van der Waals surface area (Å²) in [4.78, 5) is 14.9. The lowest BCUT2D eigenvalue weighted by Gasteiger charge is -2.07. The van der Waals surface area contributed by atoms with E-state index in [1.807, 2.05) is 0 Å². The van der Waals surface area contributed by atoms with E-state index in [1.165, 1.54) is 12.3 Å². The normalized spacial score (nSPS) is 11.7. The third-order valence-corrected chi connectivity index (χ3v) is 5.80. The van der Waals surface area contributed by atoms with Gasteiger partial charge >= 0.3 is 5.97 Å². The van der Waals surface area contributed by atoms with E-state index in [4.69, 9.17) is 5.11 Å². The monoisotopic (exact) mass is 289 g/mol. The number of sulfone groups is 1. The van der Waals surface area contributed by atoms with E-state index in [0.717, 1.165) is 11.8 Å². The quantitative estimate of drug-likeness (QED) is 0.802. The van der Waals surface area contributed by atoms with E-state index in [2.05, 4.69) is 4.98 Å². The van der Waals surface area contributed by atoms with Crippen LogP contribution in [0.4, 0.5) is 0 Å². The molecule has 0 spiro atoms. The van der Waals surface area contributed by atoms with Gasteiger partial charge in [-0.05, 0) is 26.0 Å². The molecular weight excluding hydrogens is 274 g/mol. The van der Waals surface area contributed by atoms with Crippen molar-refractivity contribution in [2.24, 2.45) is 0 Å². The van der Waals surface area contributed by atoms with Gasteiger partial charge in [-0.2, -0.15) is 0 Å². The zero-order valence-corrected chi connectivity index (χ0v) is 11.8. The summed E-state index contributed by atoms with van der Waals surface area (Å²) in [6, 6.07) is 2.99. The summed E-state index contributed by atoms with van der Waals surface area (Å²) < 4.78 is 23.2. The molecule has 0 aliphatic heterocycles. The number of rotatable bonds is 6. The summed E-state index contributed by atoms with van der Waals surface area (Å²) in [5.41, 5.74) is 0.101. The van der Waals surface area contributed by atoms with Crippen molar-refractivity contribution in [3.63, 3.8) is 0 Å². The molecule has 18 heavy (non-hydrogen) atoms. The summed E-state index contributed by atoms with van der Waals surface area (Å²) in [7, 11) is -3.10. The van der Waals surface area contributed by atoms with Crippen molar-refractivity contribution >= 4 is 27.6 Å². The zero-order chi connectivity index (χ0) is 13.8. The Hall–Kier alpha value is -1.08. The SMILES string of the molecule is CC(C)S(=O)(=O)CCSc1ncccc1C(=O)O. The third kappa shape index (κ3) is 3.99. The molecule has 7 heteroatoms. The predicted molar refractivity (Wildman–Crippen MR) is 70.8 cm³/mol. The molecule has 0 unspecified atom stereocenters. The number of carboxylic acids is 1. The minimum atomic E-state index is -3.10. The van der Waals surface area contributed by atoms with Crippen molar-refractivity contribution in [3.05, 3.63) is 23.9 Å². The van der Waals surface area contributed by atoms with Gasteiger partial charge in [0.1, 0.15) is 5.03 Å². The summed E-state index contributed by atoms with van der Waals surface area (Å²) in [6.07, 6.45) is 1.49. The molecule has 0 aliphatic rings. The van der Waals surface area contributed by atoms with Gasteiger partial charge in [0.05, 0.1) is 16.6 Å². The Morgan fingerprint density at radius 2 is 2.17 bits per heavy atom. The highest BCUT2D eigenvalue weighted by Crippen LogP contribution is 2.20. The minimum absolute atomic E-state index is 0.0188. The van der Waals surface area contributed by atoms with Crippen molar-refractivity contribution in [1.82, 2.24) is 4.98 Å². The molecule has 0 bridgehead atoms. The van der Waals surface area contributed by atoms with Crippen LogP contribution in [0.1, 0.15) is 24.2 Å². The van der Waals surface area contributed by atoms with Crippen molar-refractivity contribution in [3.8, 4) is 0 Å². The molecule has 0 atom stereocenters. The van der Waals surface area contributed by atoms with Gasteiger partial charge in [0.2, 0.25) is 0 Å². The van der Waals surface area contributed by atoms with Crippen LogP contribution in [0.5, 0.6) is 0 Å². The first-order valence-corrected chi connectivity index (χ1v) is 8.07. The van der Waals surface area contributed by atoms with Crippen LogP contribution in [0.25, 0.3) is 0 Å². The molecular formula is C11H15NO4S2. The smallest absolute Gasteiger partial charge is 0.338 e. The molecule has 0 fully saturated rings. The summed E-state index contributed by atoms with van der Waals surface area (Å²) >= 11 is 1.15. The number of carbonyl (C=O) groups is 1. The fourth-order valence-electron chi connectivity index (χ4n) is 1.16. The molecule has 1 rings (SSSR count). The molecule has 5 nitrogen and oxygen atoms in total. The van der Waals surface area contributed by atoms with Gasteiger partial charge in [-0.1, -0.05) is 0 Å². The van der Waals surface area contributed by atoms with Crippen molar-refractivity contribution < 1.29 is 18.3 Å². The van der Waals surface area contributed by atoms with E-state index in [9.17, 15) is 13.2 Å². The standard InChI is InChI=1S/C11H15NO4S2/c1-8(2)18(15,16)7-6-17-10-9(11(13)14)4-3-5-12-10/h3-5,8H,6-7H2,1-2H3,(H,13,14). The zero-order valence-electron chi connectivity index (χ0n) is 10.2. The first kappa shape index (κ1) is 15.0. The third-order valence-electron chi connectivity index (χ3n) is 2.33. The van der Waals surface area contributed by atoms with Crippen LogP contribution in [0, 0.1) is 0 Å². The number of carboxylic acid groups (broad SMARTS) is 1. The summed E-state index contributed by atoms with van der Waals surface area (Å²) in [6.45, 7) is 3.26. The lowest BCUT2D eigenvalue weighted by atomic mass is 10.3. The van der Waals surface area contributed by atoms with Crippen LogP contribution in [-0.2, 0) is 9.84 Å². The van der Waals surface area contributed by atoms with Crippen molar-refractivity contribution in [2.45, 2.75) is 24.1 Å². The Balaban J connectivity index is 2.68. The van der Waals surface area contributed by atoms with Gasteiger partial charge in [0, 0.05) is 11.9 Å². The first-order valence-electron chi connectivity index (χ1n) is 5.37. The lowest BCUT2D eigenvalue weighted by molar-refractivity contribution is 0.0692. The Labute approximate surface area is 111 Å². The number of pyridine rings is 1. The highest BCUT2D eigenvalue weighted by Gasteiger charge is 2.17. The number of hydrogen-bond acceptors (Lipinski definition) is 5. The van der Waals surface area contributed by atoms with Crippen LogP contribution in [-0.4, -0.2) is 41.2 Å². The minimum Gasteiger partial charge on any atom is -0.478 e. The second kappa shape index (κ2) is 6.19. The van der Waals surface area contributed by atoms with E-state index in [-0.39, 0.29) is 11.3 Å². The predicted octanol–water partition coefficient (Wildman–Crippen LogP) is 1.70. The Morgan fingerprint density at radius 3 is 2.72 bits per heavy atom. The number of nitrogens with zero attached hydrogens (tertiary/aromatic N) is 1. The molecule has 1 aromatic heterocycles. The maximum absolute atomic E-state index is 11.6. The van der Waals surface area contributed by atoms with Gasteiger partial charge in [0.25, 0.3) is 0 Å². The van der Waals surface area contributed by atoms with E-state index in [0.29, 0.717) is 10.8 Å². The molecule has 100 valence electrons. The molecule has 0 aromatic carbocycles. The summed E-state index contributed by atoms with van der Waals surface area (Å²) in [5, 5.41) is 8.88. The van der Waals surface area contributed by atoms with Crippen LogP contribution in [0.15, 0.2) is 23.4 Å². The van der Waals surface area contributed by atoms with Crippen molar-refractivity contribution in [2.75, 3.05) is 11.5 Å². The molecule has 1 heterocycles. The average molecular weight is 289 g/mol. The topological polar surface area (TPSA) is 84.3 Å². The number of aromatic nitrogens is 1. The number of aromatic carboxylic acids is 1. The average Bonchev–Trinajstić information content (AvgIpc) is 2.29. The number of thioether (sulfide) groups is 1. The van der Waals surface area contributed by atoms with Crippen LogP contribution < -0.4 is 0 Å². The summed E-state index contributed by atoms with van der Waals surface area (Å²) in [5.74, 6) is -0.736. The van der Waals surface area contributed by atoms with Gasteiger partial charge in [-0.25, -0.2) is 18.2 Å². The maximum Gasteiger partial charge on any atom is 0.338 e. The highest BCUT2D eigenvalue weighted by molar-refractivity contribution is 8.00. The lowest BCUT2D eigenvalue weighted by Crippen LogP contribution is -2.19. The Bertz CT molecular complexity index is 526. The van der Waals surface area contributed by atoms with Crippen LogP contribution >= 0.6 is 11.8 Å². The highest BCUT2D eigenvalue weighted by atomic mass is 32.2. The van der Waals surface area contributed by atoms with Crippen molar-refractivity contribution in [1.29, 1.82) is 0 Å². The van der Waals surface area contributed by atoms with E-state index >= 15 is 0 Å². The Morgan fingerprint density at radius 1 is 1.50 bits per heavy atom. The van der Waals surface area contributed by atoms with Gasteiger partial charge < -0.3 is 5.11 Å². The number of hydrogen-bond donors (Lipinski definition) is 1. The largest absolute Gasteiger partial charge is 0.478 e. The van der Waals surface area contributed by atoms with Gasteiger partial charge in [-0.15, -0.1) is 11.8 Å². The Kier molecular flexibility index (Phi) is 5.15. The van der Waals surface area contributed by atoms with E-state index in [1.54, 1.807) is 19.9 Å². The second-order valence-electron chi connectivity index (χ2n) is 3.93. The van der Waals surface area contributed by atoms with E-state index < -0.39 is 21.1 Å². The van der Waals surface area contributed by atoms with Gasteiger partial charge in [-0.3, -0.25) is 0 Å². The maximum atomic E-state index is 11.6. The molecule has 1 aromatic rings. The molecule has 0 saturated carbocycles. The molecule has 0 aliphatic carbocycles. The van der Waals surface area contributed by atoms with Gasteiger partial charge in [0.15, 0.2) is 9.84 Å². The van der Waals surface area contributed by atoms with Crippen LogP contribution in [0.3, 0.4) is 0 Å².